The van der Waals surface area contributed by atoms with Crippen LogP contribution in [0.4, 0.5) is 10.1 Å². The van der Waals surface area contributed by atoms with E-state index in [1.165, 1.54) is 36.4 Å². The minimum Gasteiger partial charge on any atom is -0.381 e. The predicted octanol–water partition coefficient (Wildman–Crippen LogP) is 4.04. The van der Waals surface area contributed by atoms with E-state index in [-0.39, 0.29) is 5.69 Å². The number of ether oxygens (including phenoxy) is 1. The van der Waals surface area contributed by atoms with Crippen LogP contribution < -0.4 is 10.9 Å². The average Bonchev–Trinajstić information content (AvgIpc) is 2.79. The number of thioether (sulfide) groups is 1. The Morgan fingerprint density at radius 1 is 1.13 bits per heavy atom. The molecule has 0 saturated carbocycles. The fourth-order valence-corrected chi connectivity index (χ4v) is 4.42. The molecular weight excluding hydrogens is 417 g/mol. The lowest BCUT2D eigenvalue weighted by atomic mass is 10.2. The normalized spacial score (nSPS) is 14.4. The first kappa shape index (κ1) is 21.3. The van der Waals surface area contributed by atoms with Crippen LogP contribution in [0.2, 0.25) is 0 Å². The Morgan fingerprint density at radius 2 is 1.90 bits per heavy atom. The first-order chi connectivity index (χ1) is 15.1. The number of aromatic nitrogens is 2. The van der Waals surface area contributed by atoms with E-state index in [9.17, 15) is 14.0 Å². The number of benzene rings is 2. The van der Waals surface area contributed by atoms with Crippen molar-refractivity contribution >= 4 is 23.4 Å². The zero-order valence-corrected chi connectivity index (χ0v) is 17.6. The van der Waals surface area contributed by atoms with E-state index >= 15 is 0 Å². The second kappa shape index (κ2) is 9.89. The van der Waals surface area contributed by atoms with Crippen LogP contribution in [0.15, 0.2) is 65.5 Å². The van der Waals surface area contributed by atoms with Crippen LogP contribution in [0.25, 0.3) is 5.69 Å². The third-order valence-electron chi connectivity index (χ3n) is 4.94. The van der Waals surface area contributed by atoms with Gasteiger partial charge in [-0.25, -0.2) is 4.39 Å². The highest BCUT2D eigenvalue weighted by molar-refractivity contribution is 7.99. The smallest absolute Gasteiger partial charge is 0.276 e. The van der Waals surface area contributed by atoms with Crippen molar-refractivity contribution in [2.45, 2.75) is 23.8 Å². The van der Waals surface area contributed by atoms with Gasteiger partial charge >= 0.3 is 0 Å². The lowest BCUT2D eigenvalue weighted by Crippen LogP contribution is -2.24. The zero-order chi connectivity index (χ0) is 21.6. The van der Waals surface area contributed by atoms with Crippen molar-refractivity contribution in [1.82, 2.24) is 9.78 Å². The van der Waals surface area contributed by atoms with Crippen molar-refractivity contribution in [2.24, 2.45) is 0 Å². The standard InChI is InChI=1S/C23H22FN3O3S/c24-17-4-6-19(7-5-17)27-22(28)9-8-21(26-27)23(29)25-18-3-1-2-16(14-18)15-31-20-10-12-30-13-11-20/h1-9,14,20H,10-13,15H2,(H,25,29). The van der Waals surface area contributed by atoms with Crippen LogP contribution in [0.5, 0.6) is 0 Å². The molecule has 0 unspecified atom stereocenters. The molecule has 2 heterocycles. The van der Waals surface area contributed by atoms with Crippen LogP contribution in [-0.2, 0) is 10.5 Å². The molecule has 0 aliphatic carbocycles. The lowest BCUT2D eigenvalue weighted by molar-refractivity contribution is 0.0999. The molecule has 160 valence electrons. The van der Waals surface area contributed by atoms with Gasteiger partial charge in [0.05, 0.1) is 5.69 Å². The molecule has 0 atom stereocenters. The van der Waals surface area contributed by atoms with Gasteiger partial charge in [-0.3, -0.25) is 9.59 Å². The van der Waals surface area contributed by atoms with E-state index in [4.69, 9.17) is 4.74 Å². The van der Waals surface area contributed by atoms with Crippen molar-refractivity contribution in [2.75, 3.05) is 18.5 Å². The Kier molecular flexibility index (Phi) is 6.79. The SMILES string of the molecule is O=C(Nc1cccc(CSC2CCOCC2)c1)c1ccc(=O)n(-c2ccc(F)cc2)n1. The van der Waals surface area contributed by atoms with Gasteiger partial charge in [0.25, 0.3) is 11.5 Å². The number of anilines is 1. The first-order valence-corrected chi connectivity index (χ1v) is 11.1. The molecule has 6 nitrogen and oxygen atoms in total. The average molecular weight is 440 g/mol. The van der Waals surface area contributed by atoms with Gasteiger partial charge in [0.1, 0.15) is 11.5 Å². The zero-order valence-electron chi connectivity index (χ0n) is 16.8. The number of nitrogens with zero attached hydrogens (tertiary/aromatic N) is 2. The predicted molar refractivity (Wildman–Crippen MR) is 119 cm³/mol. The van der Waals surface area contributed by atoms with Gasteiger partial charge in [-0.1, -0.05) is 12.1 Å². The van der Waals surface area contributed by atoms with Gasteiger partial charge in [-0.05, 0) is 60.9 Å². The van der Waals surface area contributed by atoms with Crippen LogP contribution in [0, 0.1) is 5.82 Å². The third kappa shape index (κ3) is 5.59. The minimum atomic E-state index is -0.426. The molecule has 8 heteroatoms. The summed E-state index contributed by atoms with van der Waals surface area (Å²) in [6.07, 6.45) is 2.13. The highest BCUT2D eigenvalue weighted by atomic mass is 32.2. The van der Waals surface area contributed by atoms with E-state index in [1.807, 2.05) is 36.0 Å². The van der Waals surface area contributed by atoms with Gasteiger partial charge in [-0.15, -0.1) is 0 Å². The number of nitrogens with one attached hydrogen (secondary N) is 1. The number of hydrogen-bond acceptors (Lipinski definition) is 5. The van der Waals surface area contributed by atoms with Crippen LogP contribution in [0.3, 0.4) is 0 Å². The maximum Gasteiger partial charge on any atom is 0.276 e. The molecule has 1 N–H and O–H groups in total. The Labute approximate surface area is 183 Å². The molecule has 1 fully saturated rings. The molecule has 0 spiro atoms. The largest absolute Gasteiger partial charge is 0.381 e. The number of hydrogen-bond donors (Lipinski definition) is 1. The Morgan fingerprint density at radius 3 is 2.68 bits per heavy atom. The van der Waals surface area contributed by atoms with Crippen molar-refractivity contribution in [1.29, 1.82) is 0 Å². The summed E-state index contributed by atoms with van der Waals surface area (Å²) in [4.78, 5) is 24.9. The van der Waals surface area contributed by atoms with Gasteiger partial charge in [0, 0.05) is 36.0 Å². The first-order valence-electron chi connectivity index (χ1n) is 10.0. The fourth-order valence-electron chi connectivity index (χ4n) is 3.29. The fraction of sp³-hybridized carbons (Fsp3) is 0.261. The Balaban J connectivity index is 1.45. The molecule has 1 aliphatic rings. The molecule has 3 aromatic rings. The molecular formula is C23H22FN3O3S. The van der Waals surface area contributed by atoms with Crippen LogP contribution in [0.1, 0.15) is 28.9 Å². The second-order valence-electron chi connectivity index (χ2n) is 7.22. The highest BCUT2D eigenvalue weighted by Gasteiger charge is 2.15. The van der Waals surface area contributed by atoms with Crippen molar-refractivity contribution in [3.8, 4) is 5.69 Å². The Bertz CT molecular complexity index is 1110. The van der Waals surface area contributed by atoms with Crippen LogP contribution >= 0.6 is 11.8 Å². The van der Waals surface area contributed by atoms with Gasteiger partial charge < -0.3 is 10.1 Å². The molecule has 1 aliphatic heterocycles. The van der Waals surface area contributed by atoms with Gasteiger partial charge in [-0.2, -0.15) is 21.5 Å². The number of halogens is 1. The number of amides is 1. The highest BCUT2D eigenvalue weighted by Crippen LogP contribution is 2.26. The second-order valence-corrected chi connectivity index (χ2v) is 8.51. The number of rotatable bonds is 6. The maximum atomic E-state index is 13.2. The summed E-state index contributed by atoms with van der Waals surface area (Å²) in [6, 6.07) is 15.7. The quantitative estimate of drug-likeness (QED) is 0.628. The maximum absolute atomic E-state index is 13.2. The lowest BCUT2D eigenvalue weighted by Gasteiger charge is -2.21. The molecule has 2 aromatic carbocycles. The third-order valence-corrected chi connectivity index (χ3v) is 6.39. The van der Waals surface area contributed by atoms with E-state index in [0.717, 1.165) is 42.1 Å². The minimum absolute atomic E-state index is 0.0888. The molecule has 0 radical (unpaired) electrons. The summed E-state index contributed by atoms with van der Waals surface area (Å²) in [7, 11) is 0. The summed E-state index contributed by atoms with van der Waals surface area (Å²) < 4.78 is 19.6. The van der Waals surface area contributed by atoms with E-state index < -0.39 is 17.3 Å². The molecule has 4 rings (SSSR count). The van der Waals surface area contributed by atoms with Crippen molar-refractivity contribution in [3.05, 3.63) is 88.1 Å². The van der Waals surface area contributed by atoms with Crippen LogP contribution in [-0.4, -0.2) is 34.2 Å². The van der Waals surface area contributed by atoms with E-state index in [0.29, 0.717) is 16.6 Å². The summed E-state index contributed by atoms with van der Waals surface area (Å²) in [5, 5.41) is 7.58. The number of carbonyl (C=O) groups excluding carboxylic acids is 1. The Hall–Kier alpha value is -2.97. The molecule has 31 heavy (non-hydrogen) atoms. The van der Waals surface area contributed by atoms with Crippen molar-refractivity contribution < 1.29 is 13.9 Å². The molecule has 0 bridgehead atoms. The van der Waals surface area contributed by atoms with Crippen molar-refractivity contribution in [3.63, 3.8) is 0 Å². The monoisotopic (exact) mass is 439 g/mol. The van der Waals surface area contributed by atoms with E-state index in [2.05, 4.69) is 10.4 Å². The summed E-state index contributed by atoms with van der Waals surface area (Å²) in [5.74, 6) is 0.0212. The molecule has 1 aromatic heterocycles. The summed E-state index contributed by atoms with van der Waals surface area (Å²) in [5.41, 5.74) is 1.85. The van der Waals surface area contributed by atoms with Gasteiger partial charge in [0.2, 0.25) is 0 Å². The van der Waals surface area contributed by atoms with Gasteiger partial charge in [0.15, 0.2) is 0 Å². The van der Waals surface area contributed by atoms with E-state index in [1.54, 1.807) is 0 Å². The molecule has 1 amide bonds. The summed E-state index contributed by atoms with van der Waals surface area (Å²) >= 11 is 1.91. The number of carbonyl (C=O) groups is 1. The summed E-state index contributed by atoms with van der Waals surface area (Å²) in [6.45, 7) is 1.64. The molecule has 1 saturated heterocycles. The topological polar surface area (TPSA) is 73.2 Å².